The fourth-order valence-electron chi connectivity index (χ4n) is 0.810. The Morgan fingerprint density at radius 1 is 1.38 bits per heavy atom. The van der Waals surface area contributed by atoms with Crippen LogP contribution in [0.1, 0.15) is 10.4 Å². The molecule has 0 aliphatic rings. The SMILES string of the molecule is COC(=O)c1cc(F)c(F)cc1O. The second-order valence-corrected chi connectivity index (χ2v) is 2.28. The van der Waals surface area contributed by atoms with Crippen molar-refractivity contribution in [2.24, 2.45) is 0 Å². The van der Waals surface area contributed by atoms with Crippen LogP contribution < -0.4 is 0 Å². The molecule has 1 aromatic carbocycles. The largest absolute Gasteiger partial charge is 0.507 e. The third-order valence-electron chi connectivity index (χ3n) is 1.44. The van der Waals surface area contributed by atoms with Crippen molar-refractivity contribution in [3.05, 3.63) is 29.3 Å². The van der Waals surface area contributed by atoms with Crippen molar-refractivity contribution in [3.63, 3.8) is 0 Å². The molecule has 70 valence electrons. The Hall–Kier alpha value is -1.65. The number of benzene rings is 1. The van der Waals surface area contributed by atoms with Crippen LogP contribution in [0.25, 0.3) is 0 Å². The molecule has 0 amide bonds. The molecule has 1 rings (SSSR count). The molecular weight excluding hydrogens is 182 g/mol. The van der Waals surface area contributed by atoms with E-state index in [-0.39, 0.29) is 0 Å². The van der Waals surface area contributed by atoms with Crippen molar-refractivity contribution >= 4 is 5.97 Å². The highest BCUT2D eigenvalue weighted by Crippen LogP contribution is 2.21. The van der Waals surface area contributed by atoms with Crippen molar-refractivity contribution in [2.45, 2.75) is 0 Å². The summed E-state index contributed by atoms with van der Waals surface area (Å²) in [4.78, 5) is 10.8. The van der Waals surface area contributed by atoms with Crippen molar-refractivity contribution in [2.75, 3.05) is 7.11 Å². The Morgan fingerprint density at radius 3 is 2.46 bits per heavy atom. The smallest absolute Gasteiger partial charge is 0.341 e. The van der Waals surface area contributed by atoms with E-state index in [0.29, 0.717) is 12.1 Å². The van der Waals surface area contributed by atoms with E-state index in [9.17, 15) is 13.6 Å². The molecule has 3 nitrogen and oxygen atoms in total. The average molecular weight is 188 g/mol. The first-order valence-electron chi connectivity index (χ1n) is 3.32. The second kappa shape index (κ2) is 3.38. The molecule has 0 fully saturated rings. The van der Waals surface area contributed by atoms with Gasteiger partial charge >= 0.3 is 5.97 Å². The predicted octanol–water partition coefficient (Wildman–Crippen LogP) is 1.46. The summed E-state index contributed by atoms with van der Waals surface area (Å²) in [5, 5.41) is 9.01. The number of hydrogen-bond donors (Lipinski definition) is 1. The van der Waals surface area contributed by atoms with E-state index in [0.717, 1.165) is 7.11 Å². The lowest BCUT2D eigenvalue weighted by Crippen LogP contribution is -2.03. The molecule has 0 saturated carbocycles. The van der Waals surface area contributed by atoms with E-state index in [1.54, 1.807) is 0 Å². The zero-order valence-electron chi connectivity index (χ0n) is 6.67. The van der Waals surface area contributed by atoms with E-state index >= 15 is 0 Å². The molecule has 0 saturated heterocycles. The lowest BCUT2D eigenvalue weighted by Gasteiger charge is -2.02. The number of phenolic OH excluding ortho intramolecular Hbond substituents is 1. The van der Waals surface area contributed by atoms with Crippen molar-refractivity contribution in [1.82, 2.24) is 0 Å². The molecule has 1 N–H and O–H groups in total. The molecule has 0 aromatic heterocycles. The number of phenols is 1. The minimum atomic E-state index is -1.22. The van der Waals surface area contributed by atoms with Crippen LogP contribution in [0, 0.1) is 11.6 Å². The maximum Gasteiger partial charge on any atom is 0.341 e. The van der Waals surface area contributed by atoms with Gasteiger partial charge in [0, 0.05) is 6.07 Å². The van der Waals surface area contributed by atoms with Crippen molar-refractivity contribution in [3.8, 4) is 5.75 Å². The molecular formula is C8H6F2O3. The second-order valence-electron chi connectivity index (χ2n) is 2.28. The van der Waals surface area contributed by atoms with Crippen LogP contribution in [0.2, 0.25) is 0 Å². The molecule has 1 aromatic rings. The summed E-state index contributed by atoms with van der Waals surface area (Å²) < 4.78 is 29.2. The standard InChI is InChI=1S/C8H6F2O3/c1-13-8(12)4-2-5(9)6(10)3-7(4)11/h2-3,11H,1H3. The van der Waals surface area contributed by atoms with Crippen LogP contribution in [0.4, 0.5) is 8.78 Å². The molecule has 0 aliphatic carbocycles. The van der Waals surface area contributed by atoms with Crippen LogP contribution in [0.15, 0.2) is 12.1 Å². The molecule has 0 aliphatic heterocycles. The van der Waals surface area contributed by atoms with E-state index in [4.69, 9.17) is 5.11 Å². The first-order valence-corrected chi connectivity index (χ1v) is 3.32. The monoisotopic (exact) mass is 188 g/mol. The predicted molar refractivity (Wildman–Crippen MR) is 39.4 cm³/mol. The summed E-state index contributed by atoms with van der Waals surface area (Å²) in [6.07, 6.45) is 0. The molecule has 0 radical (unpaired) electrons. The summed E-state index contributed by atoms with van der Waals surface area (Å²) in [5.41, 5.74) is -0.401. The highest BCUT2D eigenvalue weighted by molar-refractivity contribution is 5.92. The number of esters is 1. The number of carbonyl (C=O) groups is 1. The Morgan fingerprint density at radius 2 is 1.92 bits per heavy atom. The quantitative estimate of drug-likeness (QED) is 0.678. The van der Waals surface area contributed by atoms with Crippen LogP contribution in [-0.2, 0) is 4.74 Å². The molecule has 0 unspecified atom stereocenters. The minimum absolute atomic E-state index is 0.401. The molecule has 0 heterocycles. The van der Waals surface area contributed by atoms with Gasteiger partial charge in [0.1, 0.15) is 11.3 Å². The fraction of sp³-hybridized carbons (Fsp3) is 0.125. The Bertz CT molecular complexity index is 349. The van der Waals surface area contributed by atoms with E-state index < -0.39 is 28.9 Å². The zero-order chi connectivity index (χ0) is 10.0. The lowest BCUT2D eigenvalue weighted by atomic mass is 10.2. The summed E-state index contributed by atoms with van der Waals surface area (Å²) in [5.74, 6) is -3.99. The van der Waals surface area contributed by atoms with Gasteiger partial charge in [-0.25, -0.2) is 13.6 Å². The molecule has 0 bridgehead atoms. The van der Waals surface area contributed by atoms with Crippen LogP contribution in [0.5, 0.6) is 5.75 Å². The third-order valence-corrected chi connectivity index (χ3v) is 1.44. The maximum atomic E-state index is 12.6. The van der Waals surface area contributed by atoms with E-state index in [2.05, 4.69) is 4.74 Å². The number of halogens is 2. The summed E-state index contributed by atoms with van der Waals surface area (Å²) in [7, 11) is 1.07. The van der Waals surface area contributed by atoms with Gasteiger partial charge in [0.15, 0.2) is 11.6 Å². The van der Waals surface area contributed by atoms with Gasteiger partial charge < -0.3 is 9.84 Å². The van der Waals surface area contributed by atoms with E-state index in [1.807, 2.05) is 0 Å². The zero-order valence-corrected chi connectivity index (χ0v) is 6.67. The van der Waals surface area contributed by atoms with Crippen LogP contribution in [0.3, 0.4) is 0 Å². The van der Waals surface area contributed by atoms with Crippen LogP contribution in [-0.4, -0.2) is 18.2 Å². The fourth-order valence-corrected chi connectivity index (χ4v) is 0.810. The highest BCUT2D eigenvalue weighted by atomic mass is 19.2. The molecule has 5 heteroatoms. The van der Waals surface area contributed by atoms with Crippen molar-refractivity contribution < 1.29 is 23.4 Å². The Balaban J connectivity index is 3.23. The summed E-state index contributed by atoms with van der Waals surface area (Å²) >= 11 is 0. The lowest BCUT2D eigenvalue weighted by molar-refractivity contribution is 0.0596. The Labute approximate surface area is 72.6 Å². The third kappa shape index (κ3) is 1.74. The molecule has 13 heavy (non-hydrogen) atoms. The van der Waals surface area contributed by atoms with Gasteiger partial charge in [0.05, 0.1) is 7.11 Å². The van der Waals surface area contributed by atoms with Gasteiger partial charge in [-0.2, -0.15) is 0 Å². The van der Waals surface area contributed by atoms with Gasteiger partial charge in [-0.3, -0.25) is 0 Å². The topological polar surface area (TPSA) is 46.5 Å². The summed E-state index contributed by atoms with van der Waals surface area (Å²) in [6, 6.07) is 1.10. The van der Waals surface area contributed by atoms with Gasteiger partial charge in [-0.15, -0.1) is 0 Å². The van der Waals surface area contributed by atoms with Gasteiger partial charge in [0.25, 0.3) is 0 Å². The maximum absolute atomic E-state index is 12.6. The normalized spacial score (nSPS) is 9.77. The van der Waals surface area contributed by atoms with Gasteiger partial charge in [-0.05, 0) is 6.07 Å². The number of carbonyl (C=O) groups excluding carboxylic acids is 1. The Kier molecular flexibility index (Phi) is 2.46. The molecule has 0 atom stereocenters. The average Bonchev–Trinajstić information content (AvgIpc) is 2.10. The molecule has 0 spiro atoms. The summed E-state index contributed by atoms with van der Waals surface area (Å²) in [6.45, 7) is 0. The van der Waals surface area contributed by atoms with Crippen molar-refractivity contribution in [1.29, 1.82) is 0 Å². The van der Waals surface area contributed by atoms with Crippen LogP contribution >= 0.6 is 0 Å². The number of hydrogen-bond acceptors (Lipinski definition) is 3. The minimum Gasteiger partial charge on any atom is -0.507 e. The van der Waals surface area contributed by atoms with Gasteiger partial charge in [-0.1, -0.05) is 0 Å². The van der Waals surface area contributed by atoms with E-state index in [1.165, 1.54) is 0 Å². The first kappa shape index (κ1) is 9.44. The number of aromatic hydroxyl groups is 1. The number of ether oxygens (including phenoxy) is 1. The first-order chi connectivity index (χ1) is 6.06. The highest BCUT2D eigenvalue weighted by Gasteiger charge is 2.15. The number of rotatable bonds is 1. The number of methoxy groups -OCH3 is 1. The van der Waals surface area contributed by atoms with Gasteiger partial charge in [0.2, 0.25) is 0 Å².